The van der Waals surface area contributed by atoms with Gasteiger partial charge in [0.05, 0.1) is 11.8 Å². The molecule has 7 nitrogen and oxygen atoms in total. The van der Waals surface area contributed by atoms with Crippen molar-refractivity contribution in [2.75, 3.05) is 26.2 Å². The Kier molecular flexibility index (Phi) is 3.40. The molecular formula is C11H17N3O4. The molecule has 2 rings (SSSR count). The number of urea groups is 1. The lowest BCUT2D eigenvalue weighted by Crippen LogP contribution is -2.58. The van der Waals surface area contributed by atoms with Crippen LogP contribution in [0.15, 0.2) is 0 Å². The second-order valence-electron chi connectivity index (χ2n) is 4.91. The van der Waals surface area contributed by atoms with Crippen LogP contribution >= 0.6 is 0 Å². The second kappa shape index (κ2) is 4.83. The monoisotopic (exact) mass is 255 g/mol. The molecule has 0 aromatic carbocycles. The summed E-state index contributed by atoms with van der Waals surface area (Å²) in [4.78, 5) is 36.9. The van der Waals surface area contributed by atoms with Gasteiger partial charge in [-0.1, -0.05) is 0 Å². The van der Waals surface area contributed by atoms with E-state index in [9.17, 15) is 14.4 Å². The van der Waals surface area contributed by atoms with Crippen LogP contribution in [-0.4, -0.2) is 59.0 Å². The summed E-state index contributed by atoms with van der Waals surface area (Å²) in [6.45, 7) is 1.47. The van der Waals surface area contributed by atoms with Crippen LogP contribution in [0.2, 0.25) is 0 Å². The first-order valence-electron chi connectivity index (χ1n) is 6.05. The molecule has 2 aliphatic heterocycles. The van der Waals surface area contributed by atoms with Gasteiger partial charge in [0, 0.05) is 26.2 Å². The van der Waals surface area contributed by atoms with Gasteiger partial charge in [-0.15, -0.1) is 0 Å². The molecule has 3 amide bonds. The smallest absolute Gasteiger partial charge is 0.320 e. The normalized spacial score (nSPS) is 24.6. The van der Waals surface area contributed by atoms with Gasteiger partial charge in [-0.25, -0.2) is 4.79 Å². The Morgan fingerprint density at radius 3 is 2.22 bits per heavy atom. The zero-order valence-corrected chi connectivity index (χ0v) is 10.0. The van der Waals surface area contributed by atoms with Gasteiger partial charge in [-0.2, -0.15) is 0 Å². The number of nitrogens with zero attached hydrogens (tertiary/aromatic N) is 2. The third kappa shape index (κ3) is 2.39. The Balaban J connectivity index is 1.86. The highest BCUT2D eigenvalue weighted by Gasteiger charge is 2.38. The van der Waals surface area contributed by atoms with Crippen molar-refractivity contribution < 1.29 is 19.5 Å². The van der Waals surface area contributed by atoms with Crippen LogP contribution in [0.4, 0.5) is 4.79 Å². The van der Waals surface area contributed by atoms with Gasteiger partial charge in [-0.05, 0) is 12.8 Å². The fraction of sp³-hybridized carbons (Fsp3) is 0.727. The zero-order valence-electron chi connectivity index (χ0n) is 10.0. The van der Waals surface area contributed by atoms with Crippen molar-refractivity contribution in [2.45, 2.75) is 12.8 Å². The van der Waals surface area contributed by atoms with Crippen molar-refractivity contribution >= 4 is 17.9 Å². The first-order valence-corrected chi connectivity index (χ1v) is 6.05. The molecule has 0 aliphatic carbocycles. The van der Waals surface area contributed by atoms with E-state index in [4.69, 9.17) is 10.8 Å². The maximum atomic E-state index is 12.0. The lowest BCUT2D eigenvalue weighted by Gasteiger charge is -2.41. The lowest BCUT2D eigenvalue weighted by molar-refractivity contribution is -0.146. The standard InChI is InChI=1S/C11H17N3O4/c12-9(15)7-2-1-3-13(4-7)11(18)14-5-8(6-14)10(16)17/h7-8H,1-6H2,(H2,12,15)(H,16,17). The highest BCUT2D eigenvalue weighted by Crippen LogP contribution is 2.22. The summed E-state index contributed by atoms with van der Waals surface area (Å²) in [5.74, 6) is -1.97. The first-order chi connectivity index (χ1) is 8.49. The van der Waals surface area contributed by atoms with Crippen LogP contribution in [0, 0.1) is 11.8 Å². The van der Waals surface area contributed by atoms with E-state index in [0.717, 1.165) is 12.8 Å². The number of likely N-dealkylation sites (tertiary alicyclic amines) is 2. The van der Waals surface area contributed by atoms with Crippen molar-refractivity contribution in [3.63, 3.8) is 0 Å². The molecule has 0 radical (unpaired) electrons. The summed E-state index contributed by atoms with van der Waals surface area (Å²) in [6, 6.07) is -0.182. The van der Waals surface area contributed by atoms with Gasteiger partial charge in [0.1, 0.15) is 0 Å². The SMILES string of the molecule is NC(=O)C1CCCN(C(=O)N2CC(C(=O)O)C2)C1. The molecule has 2 saturated heterocycles. The minimum absolute atomic E-state index is 0.182. The van der Waals surface area contributed by atoms with E-state index in [2.05, 4.69) is 0 Å². The molecule has 2 aliphatic rings. The van der Waals surface area contributed by atoms with E-state index in [-0.39, 0.29) is 30.9 Å². The number of amides is 3. The van der Waals surface area contributed by atoms with Crippen LogP contribution in [0.1, 0.15) is 12.8 Å². The third-order valence-corrected chi connectivity index (χ3v) is 3.60. The molecule has 0 spiro atoms. The number of carboxylic acid groups (broad SMARTS) is 1. The summed E-state index contributed by atoms with van der Waals surface area (Å²) in [6.07, 6.45) is 1.48. The maximum Gasteiger partial charge on any atom is 0.320 e. The van der Waals surface area contributed by atoms with Crippen molar-refractivity contribution in [1.29, 1.82) is 0 Å². The Bertz CT molecular complexity index is 378. The van der Waals surface area contributed by atoms with Gasteiger partial charge >= 0.3 is 12.0 Å². The van der Waals surface area contributed by atoms with E-state index in [1.807, 2.05) is 0 Å². The topological polar surface area (TPSA) is 104 Å². The largest absolute Gasteiger partial charge is 0.481 e. The minimum Gasteiger partial charge on any atom is -0.481 e. The fourth-order valence-electron chi connectivity index (χ4n) is 2.37. The predicted molar refractivity (Wildman–Crippen MR) is 61.6 cm³/mol. The summed E-state index contributed by atoms with van der Waals surface area (Å²) < 4.78 is 0. The molecule has 0 aromatic heterocycles. The lowest BCUT2D eigenvalue weighted by atomic mass is 9.97. The molecule has 2 fully saturated rings. The van der Waals surface area contributed by atoms with Gasteiger partial charge < -0.3 is 20.6 Å². The van der Waals surface area contributed by atoms with Gasteiger partial charge in [0.15, 0.2) is 0 Å². The number of hydrogen-bond donors (Lipinski definition) is 2. The number of carbonyl (C=O) groups excluding carboxylic acids is 2. The summed E-state index contributed by atoms with van der Waals surface area (Å²) in [7, 11) is 0. The number of aliphatic carboxylic acids is 1. The van der Waals surface area contributed by atoms with Gasteiger partial charge in [0.25, 0.3) is 0 Å². The van der Waals surface area contributed by atoms with Crippen LogP contribution < -0.4 is 5.73 Å². The molecule has 0 aromatic rings. The average Bonchev–Trinajstić information content (AvgIpc) is 2.26. The van der Waals surface area contributed by atoms with E-state index in [1.54, 1.807) is 4.90 Å². The van der Waals surface area contributed by atoms with E-state index in [1.165, 1.54) is 4.90 Å². The van der Waals surface area contributed by atoms with Crippen LogP contribution in [0.25, 0.3) is 0 Å². The number of carboxylic acids is 1. The Morgan fingerprint density at radius 1 is 1.06 bits per heavy atom. The molecule has 1 atom stereocenters. The first kappa shape index (κ1) is 12.7. The molecule has 2 heterocycles. The van der Waals surface area contributed by atoms with Crippen LogP contribution in [0.5, 0.6) is 0 Å². The molecule has 100 valence electrons. The highest BCUT2D eigenvalue weighted by atomic mass is 16.4. The van der Waals surface area contributed by atoms with Crippen molar-refractivity contribution in [3.8, 4) is 0 Å². The number of piperidine rings is 1. The van der Waals surface area contributed by atoms with E-state index < -0.39 is 11.9 Å². The molecule has 0 bridgehead atoms. The molecule has 1 unspecified atom stereocenters. The van der Waals surface area contributed by atoms with Gasteiger partial charge in [-0.3, -0.25) is 9.59 Å². The zero-order chi connectivity index (χ0) is 13.3. The highest BCUT2D eigenvalue weighted by molar-refractivity contribution is 5.81. The van der Waals surface area contributed by atoms with Crippen LogP contribution in [0.3, 0.4) is 0 Å². The number of rotatable bonds is 2. The quantitative estimate of drug-likeness (QED) is 0.682. The number of nitrogens with two attached hydrogens (primary N) is 1. The summed E-state index contributed by atoms with van der Waals surface area (Å²) >= 11 is 0. The van der Waals surface area contributed by atoms with E-state index >= 15 is 0 Å². The predicted octanol–water partition coefficient (Wildman–Crippen LogP) is -0.680. The molecule has 0 saturated carbocycles. The molecular weight excluding hydrogens is 238 g/mol. The van der Waals surface area contributed by atoms with E-state index in [0.29, 0.717) is 13.1 Å². The van der Waals surface area contributed by atoms with Crippen molar-refractivity contribution in [2.24, 2.45) is 17.6 Å². The van der Waals surface area contributed by atoms with Crippen LogP contribution in [-0.2, 0) is 9.59 Å². The Labute approximate surface area is 105 Å². The molecule has 3 N–H and O–H groups in total. The Hall–Kier alpha value is -1.79. The second-order valence-corrected chi connectivity index (χ2v) is 4.91. The van der Waals surface area contributed by atoms with Gasteiger partial charge in [0.2, 0.25) is 5.91 Å². The molecule has 18 heavy (non-hydrogen) atoms. The minimum atomic E-state index is -0.868. The number of carbonyl (C=O) groups is 3. The molecule has 7 heteroatoms. The summed E-state index contributed by atoms with van der Waals surface area (Å²) in [5, 5.41) is 8.75. The number of primary amides is 1. The average molecular weight is 255 g/mol. The maximum absolute atomic E-state index is 12.0. The Morgan fingerprint density at radius 2 is 1.67 bits per heavy atom. The summed E-state index contributed by atoms with van der Waals surface area (Å²) in [5.41, 5.74) is 5.25. The number of hydrogen-bond acceptors (Lipinski definition) is 3. The van der Waals surface area contributed by atoms with Crippen molar-refractivity contribution in [1.82, 2.24) is 9.80 Å². The van der Waals surface area contributed by atoms with Crippen molar-refractivity contribution in [3.05, 3.63) is 0 Å². The fourth-order valence-corrected chi connectivity index (χ4v) is 2.37. The third-order valence-electron chi connectivity index (χ3n) is 3.60.